The van der Waals surface area contributed by atoms with Gasteiger partial charge in [-0.1, -0.05) is 54.6 Å². The molecule has 12 rings (SSSR count). The third kappa shape index (κ3) is 19.1. The van der Waals surface area contributed by atoms with Crippen LogP contribution >= 0.6 is 23.2 Å². The third-order valence-corrected chi connectivity index (χ3v) is 25.0. The minimum absolute atomic E-state index is 0.0269. The highest BCUT2D eigenvalue weighted by Crippen LogP contribution is 2.54. The van der Waals surface area contributed by atoms with Crippen LogP contribution < -0.4 is 61.9 Å². The van der Waals surface area contributed by atoms with Crippen molar-refractivity contribution in [2.24, 2.45) is 0 Å². The van der Waals surface area contributed by atoms with Crippen LogP contribution in [-0.2, 0) is 70.1 Å². The number of carbonyl (C=O) groups excluding carboxylic acids is 3. The lowest BCUT2D eigenvalue weighted by Gasteiger charge is -2.30. The molecule has 3 aliphatic heterocycles. The fourth-order valence-corrected chi connectivity index (χ4v) is 18.8. The SMILES string of the molecule is CC(C)OC(=O)[C@H](C)NP(=O)(Oc1ccccc1)O[C@@H](C)[C@H]1O[C@@H](n2ccc3c(=O)[nH]c(NC(C)OC(=O)[C@H](C)N[P@@](=O)(Oc4ccccc4)O[C@@H](C)[C@H]4O[C@@H](n5ccc6c(=O)[nH]c(NC(C)OC(=O)[C@H](C)N[P@](=O)(Oc7ccccc7)O[C@@H](C)[C@H]7O[C@@H](n8ccc9c(=O)[nH]c(N)nc98)[C@@](O)(CF)C7O)nc65)[C@@](O)(CF)C4O)nc32)[C@@](O)(CF)C1O. The van der Waals surface area contributed by atoms with Gasteiger partial charge in [-0.25, -0.2) is 26.9 Å². The van der Waals surface area contributed by atoms with E-state index in [1.807, 2.05) is 0 Å². The molecule has 0 amide bonds. The van der Waals surface area contributed by atoms with Gasteiger partial charge in [0, 0.05) is 18.6 Å². The molecule has 0 aliphatic carbocycles. The number of H-pyrrole nitrogens is 3. The molecule has 656 valence electrons. The number of aliphatic hydroxyl groups is 6. The minimum atomic E-state index is -4.99. The summed E-state index contributed by atoms with van der Waals surface area (Å²) in [6.45, 7) is 8.20. The van der Waals surface area contributed by atoms with Crippen molar-refractivity contribution in [2.75, 3.05) is 36.4 Å². The molecule has 121 heavy (non-hydrogen) atoms. The van der Waals surface area contributed by atoms with Crippen LogP contribution in [-0.4, -0.2) is 221 Å². The topological polar surface area (TPSA) is 573 Å². The van der Waals surface area contributed by atoms with Crippen LogP contribution in [0.25, 0.3) is 33.1 Å². The molecule has 3 aromatic carbocycles. The Labute approximate surface area is 684 Å². The maximum atomic E-state index is 15.6. The molecular weight excluding hydrogens is 1670 g/mol. The smallest absolute Gasteiger partial charge is 0.459 e. The number of aromatic amines is 3. The molecule has 42 nitrogen and oxygen atoms in total. The molecule has 6 unspecified atom stereocenters. The minimum Gasteiger partial charge on any atom is -0.462 e. The summed E-state index contributed by atoms with van der Waals surface area (Å²) in [6.07, 6.45) is -22.0. The highest BCUT2D eigenvalue weighted by atomic mass is 31.2. The molecule has 9 heterocycles. The summed E-state index contributed by atoms with van der Waals surface area (Å²) in [5, 5.41) is 83.0. The zero-order valence-electron chi connectivity index (χ0n) is 66.1. The van der Waals surface area contributed by atoms with Gasteiger partial charge in [-0.2, -0.15) is 30.2 Å². The summed E-state index contributed by atoms with van der Waals surface area (Å²) < 4.78 is 163. The number of rotatable bonds is 37. The predicted molar refractivity (Wildman–Crippen MR) is 421 cm³/mol. The average Bonchev–Trinajstić information content (AvgIpc) is 1.59. The molecule has 0 spiro atoms. The summed E-state index contributed by atoms with van der Waals surface area (Å²) in [5.41, 5.74) is -5.78. The van der Waals surface area contributed by atoms with Gasteiger partial charge >= 0.3 is 41.1 Å². The van der Waals surface area contributed by atoms with Gasteiger partial charge in [0.15, 0.2) is 64.9 Å². The van der Waals surface area contributed by atoms with Crippen LogP contribution in [0.15, 0.2) is 142 Å². The molecule has 23 atom stereocenters. The molecule has 3 saturated heterocycles. The second-order valence-electron chi connectivity index (χ2n) is 29.4. The third-order valence-electron chi connectivity index (χ3n) is 19.7. The Kier molecular flexibility index (Phi) is 27.0. The molecule has 0 radical (unpaired) electrons. The summed E-state index contributed by atoms with van der Waals surface area (Å²) in [6, 6.07) is 21.6. The first-order valence-corrected chi connectivity index (χ1v) is 42.3. The number of fused-ring (bicyclic) bond motifs is 3. The van der Waals surface area contributed by atoms with Gasteiger partial charge in [0.1, 0.15) is 92.0 Å². The van der Waals surface area contributed by atoms with E-state index < -0.39 is 217 Å². The average molecular weight is 1760 g/mol. The number of nitrogen functional groups attached to an aromatic ring is 1. The van der Waals surface area contributed by atoms with E-state index in [0.717, 1.165) is 13.7 Å². The monoisotopic (exact) mass is 1760 g/mol. The number of esters is 3. The Hall–Kier alpha value is -9.99. The number of halogens is 3. The number of alkyl halides is 3. The van der Waals surface area contributed by atoms with Gasteiger partial charge in [-0.15, -0.1) is 0 Å². The van der Waals surface area contributed by atoms with Crippen LogP contribution in [0.1, 0.15) is 87.9 Å². The molecule has 0 saturated carbocycles. The van der Waals surface area contributed by atoms with Crippen molar-refractivity contribution < 1.29 is 127 Å². The summed E-state index contributed by atoms with van der Waals surface area (Å²) in [4.78, 5) is 101. The maximum absolute atomic E-state index is 15.6. The van der Waals surface area contributed by atoms with Gasteiger partial charge in [0.2, 0.25) is 17.8 Å². The van der Waals surface area contributed by atoms with E-state index in [9.17, 15) is 72.9 Å². The van der Waals surface area contributed by atoms with Crippen LogP contribution in [0.2, 0.25) is 0 Å². The van der Waals surface area contributed by atoms with Crippen LogP contribution in [0, 0.1) is 0 Å². The zero-order chi connectivity index (χ0) is 87.8. The van der Waals surface area contributed by atoms with E-state index in [1.165, 1.54) is 153 Å². The normalized spacial score (nSPS) is 26.5. The largest absolute Gasteiger partial charge is 0.462 e. The van der Waals surface area contributed by atoms with Crippen molar-refractivity contribution in [1.29, 1.82) is 0 Å². The van der Waals surface area contributed by atoms with E-state index in [-0.39, 0.29) is 56.3 Å². The number of nitrogens with one attached hydrogen (secondary N) is 8. The molecular formula is C73H91F3N15O27P3. The quantitative estimate of drug-likeness (QED) is 0.0106. The summed E-state index contributed by atoms with van der Waals surface area (Å²) >= 11 is 0. The fourth-order valence-electron chi connectivity index (χ4n) is 13.8. The molecule has 6 aromatic heterocycles. The predicted octanol–water partition coefficient (Wildman–Crippen LogP) is 4.92. The van der Waals surface area contributed by atoms with Crippen molar-refractivity contribution in [3.8, 4) is 17.2 Å². The number of nitrogens with two attached hydrogens (primary N) is 1. The van der Waals surface area contributed by atoms with Crippen molar-refractivity contribution in [2.45, 2.75) is 196 Å². The number of ether oxygens (including phenoxy) is 6. The van der Waals surface area contributed by atoms with Gasteiger partial charge in [-0.05, 0) is 124 Å². The van der Waals surface area contributed by atoms with Gasteiger partial charge < -0.3 is 103 Å². The Morgan fingerprint density at radius 3 is 1.03 bits per heavy atom. The zero-order valence-corrected chi connectivity index (χ0v) is 68.8. The number of hydrogen-bond donors (Lipinski definition) is 15. The number of carbonyl (C=O) groups is 3. The molecule has 3 fully saturated rings. The number of para-hydroxylation sites is 3. The molecule has 48 heteroatoms. The highest BCUT2D eigenvalue weighted by molar-refractivity contribution is 7.52. The van der Waals surface area contributed by atoms with Crippen LogP contribution in [0.5, 0.6) is 17.2 Å². The fraction of sp³-hybridized carbons (Fsp3) is 0.466. The van der Waals surface area contributed by atoms with E-state index in [4.69, 9.17) is 61.3 Å². The molecule has 0 bridgehead atoms. The standard InChI is InChI=1S/C73H91F3N15O27P3/c1-35(2)107-62(98)36(3)86-119(104,116-44-20-14-11-15-21-44)113-40(7)51-54(93)72(102,33-75)66(111-51)90-30-27-48-57(90)81-69(84-60(48)96)79-43(10)109-64(100)38(5)88-121(106,118-46-24-18-13-19-25-46)115-41(8)52-55(94)73(103,34-76)67(112-52)91-31-28-49-58(91)82-70(85-61(49)97)78-42(9)108-63(99)37(4)87-120(105,117-45-22-16-12-17-23-45)114-39(6)50-53(92)71(101,32-74)65(110-50)89-29-26-47-56(89)80-68(77)83-59(47)95/h11-31,35-43,50-55,65-67,92-94,101-103H,32-34H2,1-10H3,(H,86,104)(H,87,105)(H,88,106)(H3,77,80,83,95)(H2,78,82,85,97)(H2,79,81,84,96)/t36-,37-,38-,39-,40-,41-,42?,43?,50+,51+,52+,53?,54?,55?,65+,66+,67+,71+,72+,73+,119?,120+,121-/m0/s1. The van der Waals surface area contributed by atoms with E-state index in [2.05, 4.69) is 55.8 Å². The van der Waals surface area contributed by atoms with Crippen LogP contribution in [0.4, 0.5) is 31.0 Å². The van der Waals surface area contributed by atoms with E-state index >= 15 is 13.3 Å². The summed E-state index contributed by atoms with van der Waals surface area (Å²) in [7, 11) is -14.5. The Morgan fingerprint density at radius 1 is 0.463 bits per heavy atom. The van der Waals surface area contributed by atoms with Gasteiger partial charge in [0.05, 0.1) is 40.6 Å². The van der Waals surface area contributed by atoms with Crippen molar-refractivity contribution >= 4 is 92.1 Å². The first-order chi connectivity index (χ1) is 57.1. The van der Waals surface area contributed by atoms with Crippen molar-refractivity contribution in [3.05, 3.63) is 159 Å². The van der Waals surface area contributed by atoms with Crippen molar-refractivity contribution in [3.63, 3.8) is 0 Å². The van der Waals surface area contributed by atoms with Gasteiger partial charge in [0.25, 0.3) is 16.7 Å². The highest BCUT2D eigenvalue weighted by Gasteiger charge is 2.62. The Balaban J connectivity index is 0.699. The number of benzene rings is 3. The lowest BCUT2D eigenvalue weighted by Crippen LogP contribution is -2.50. The lowest BCUT2D eigenvalue weighted by atomic mass is 9.93. The molecule has 9 aromatic rings. The Morgan fingerprint density at radius 2 is 0.744 bits per heavy atom. The maximum Gasteiger partial charge on any atom is 0.459 e. The number of nitrogens with zero attached hydrogens (tertiary/aromatic N) is 6. The summed E-state index contributed by atoms with van der Waals surface area (Å²) in [5.74, 6) is -4.40. The first-order valence-electron chi connectivity index (χ1n) is 37.7. The van der Waals surface area contributed by atoms with E-state index in [0.29, 0.717) is 0 Å². The number of anilines is 3. The van der Waals surface area contributed by atoms with Crippen molar-refractivity contribution in [1.82, 2.24) is 58.9 Å². The number of hydrogen-bond acceptors (Lipinski definition) is 33. The molecule has 3 aliphatic rings. The first kappa shape index (κ1) is 90.2. The van der Waals surface area contributed by atoms with E-state index in [1.54, 1.807) is 44.2 Å². The second-order valence-corrected chi connectivity index (χ2v) is 34.3. The Bertz CT molecular complexity index is 5550. The number of aliphatic hydroxyl groups excluding tert-OH is 3. The number of aromatic nitrogens is 9. The van der Waals surface area contributed by atoms with Crippen LogP contribution in [0.3, 0.4) is 0 Å². The lowest BCUT2D eigenvalue weighted by molar-refractivity contribution is -0.149. The second kappa shape index (κ2) is 36.2. The molecule has 16 N–H and O–H groups in total. The van der Waals surface area contributed by atoms with Gasteiger partial charge in [-0.3, -0.25) is 57.3 Å².